The van der Waals surface area contributed by atoms with Gasteiger partial charge in [-0.1, -0.05) is 31.9 Å². The lowest BCUT2D eigenvalue weighted by atomic mass is 10.2. The Hall–Kier alpha value is 0.390. The van der Waals surface area contributed by atoms with E-state index in [4.69, 9.17) is 0 Å². The molecular formula is C7H7Br3N2. The molecule has 0 aromatic carbocycles. The largest absolute Gasteiger partial charge is 0.307 e. The number of hydrogen-bond acceptors (Lipinski definition) is 2. The van der Waals surface area contributed by atoms with Gasteiger partial charge in [0.2, 0.25) is 0 Å². The van der Waals surface area contributed by atoms with E-state index in [0.29, 0.717) is 6.54 Å². The third kappa shape index (κ3) is 2.71. The molecule has 66 valence electrons. The standard InChI is InChI=1S/C7H7Br3N2/c8-4-5-3-6(9)1-2-11-7(5)12-10/h1,3H,2,4H2,(H,11,12). The zero-order valence-corrected chi connectivity index (χ0v) is 10.9. The normalized spacial score (nSPS) is 17.4. The van der Waals surface area contributed by atoms with E-state index in [0.717, 1.165) is 21.2 Å². The molecule has 12 heavy (non-hydrogen) atoms. The number of rotatable bonds is 1. The summed E-state index contributed by atoms with van der Waals surface area (Å²) in [5.74, 6) is 0.873. The quantitative estimate of drug-likeness (QED) is 0.565. The highest BCUT2D eigenvalue weighted by atomic mass is 79.9. The molecule has 2 nitrogen and oxygen atoms in total. The topological polar surface area (TPSA) is 24.4 Å². The van der Waals surface area contributed by atoms with Crippen molar-refractivity contribution in [3.8, 4) is 0 Å². The van der Waals surface area contributed by atoms with Gasteiger partial charge in [0.25, 0.3) is 0 Å². The smallest absolute Gasteiger partial charge is 0.135 e. The van der Waals surface area contributed by atoms with Gasteiger partial charge < -0.3 is 4.34 Å². The van der Waals surface area contributed by atoms with Crippen LogP contribution in [0.15, 0.2) is 27.2 Å². The summed E-state index contributed by atoms with van der Waals surface area (Å²) in [6, 6.07) is 0. The number of hydrogen-bond donors (Lipinski definition) is 1. The Bertz CT molecular complexity index is 255. The lowest BCUT2D eigenvalue weighted by Gasteiger charge is -2.03. The van der Waals surface area contributed by atoms with Crippen molar-refractivity contribution in [2.45, 2.75) is 0 Å². The van der Waals surface area contributed by atoms with Crippen molar-refractivity contribution in [3.63, 3.8) is 0 Å². The van der Waals surface area contributed by atoms with Crippen molar-refractivity contribution in [1.82, 2.24) is 4.34 Å². The molecule has 0 fully saturated rings. The molecule has 0 aromatic heterocycles. The van der Waals surface area contributed by atoms with E-state index in [1.807, 2.05) is 12.2 Å². The van der Waals surface area contributed by atoms with Gasteiger partial charge in [-0.15, -0.1) is 0 Å². The van der Waals surface area contributed by atoms with Gasteiger partial charge in [0.05, 0.1) is 6.54 Å². The highest BCUT2D eigenvalue weighted by Gasteiger charge is 2.06. The fraction of sp³-hybridized carbons (Fsp3) is 0.286. The van der Waals surface area contributed by atoms with Gasteiger partial charge in [-0.25, -0.2) is 0 Å². The minimum Gasteiger partial charge on any atom is -0.307 e. The van der Waals surface area contributed by atoms with Gasteiger partial charge in [-0.3, -0.25) is 4.99 Å². The first-order valence-corrected chi connectivity index (χ1v) is 6.02. The van der Waals surface area contributed by atoms with Crippen molar-refractivity contribution in [3.05, 3.63) is 22.2 Å². The van der Waals surface area contributed by atoms with Gasteiger partial charge in [0.1, 0.15) is 5.84 Å². The molecule has 0 spiro atoms. The van der Waals surface area contributed by atoms with E-state index < -0.39 is 0 Å². The van der Waals surface area contributed by atoms with Crippen molar-refractivity contribution in [2.24, 2.45) is 4.99 Å². The average molecular weight is 359 g/mol. The third-order valence-electron chi connectivity index (χ3n) is 1.39. The Morgan fingerprint density at radius 3 is 2.92 bits per heavy atom. The van der Waals surface area contributed by atoms with Crippen molar-refractivity contribution in [1.29, 1.82) is 0 Å². The number of amidine groups is 1. The molecule has 0 amide bonds. The first kappa shape index (κ1) is 10.5. The van der Waals surface area contributed by atoms with Crippen LogP contribution in [-0.4, -0.2) is 17.7 Å². The number of nitrogens with one attached hydrogen (secondary N) is 1. The molecule has 0 saturated carbocycles. The van der Waals surface area contributed by atoms with Crippen LogP contribution in [0.3, 0.4) is 0 Å². The van der Waals surface area contributed by atoms with Gasteiger partial charge in [-0.2, -0.15) is 0 Å². The van der Waals surface area contributed by atoms with E-state index in [1.54, 1.807) is 0 Å². The molecule has 1 N–H and O–H groups in total. The van der Waals surface area contributed by atoms with Crippen LogP contribution in [0.1, 0.15) is 0 Å². The van der Waals surface area contributed by atoms with Crippen LogP contribution in [0.4, 0.5) is 0 Å². The average Bonchev–Trinajstić information content (AvgIpc) is 2.26. The van der Waals surface area contributed by atoms with Gasteiger partial charge in [0, 0.05) is 31.5 Å². The number of allylic oxidation sites excluding steroid dienone is 2. The van der Waals surface area contributed by atoms with Crippen LogP contribution >= 0.6 is 48.0 Å². The highest BCUT2D eigenvalue weighted by Crippen LogP contribution is 2.15. The van der Waals surface area contributed by atoms with E-state index in [9.17, 15) is 0 Å². The fourth-order valence-corrected chi connectivity index (χ4v) is 2.04. The maximum absolute atomic E-state index is 4.30. The second kappa shape index (κ2) is 5.19. The maximum Gasteiger partial charge on any atom is 0.135 e. The Balaban J connectivity index is 2.91. The van der Waals surface area contributed by atoms with Crippen LogP contribution in [0, 0.1) is 0 Å². The summed E-state index contributed by atoms with van der Waals surface area (Å²) >= 11 is 9.99. The molecule has 1 aliphatic heterocycles. The highest BCUT2D eigenvalue weighted by molar-refractivity contribution is 9.12. The first-order valence-electron chi connectivity index (χ1n) is 3.31. The molecule has 1 rings (SSSR count). The molecule has 0 saturated heterocycles. The monoisotopic (exact) mass is 356 g/mol. The number of aliphatic imine (C=N–C) groups is 1. The summed E-state index contributed by atoms with van der Waals surface area (Å²) in [4.78, 5) is 4.30. The van der Waals surface area contributed by atoms with Gasteiger partial charge >= 0.3 is 0 Å². The molecule has 1 aliphatic rings. The van der Waals surface area contributed by atoms with Crippen molar-refractivity contribution >= 4 is 53.8 Å². The summed E-state index contributed by atoms with van der Waals surface area (Å²) in [5.41, 5.74) is 1.12. The van der Waals surface area contributed by atoms with Gasteiger partial charge in [0.15, 0.2) is 0 Å². The Morgan fingerprint density at radius 2 is 2.33 bits per heavy atom. The lowest BCUT2D eigenvalue weighted by molar-refractivity contribution is 1.22. The molecule has 0 bridgehead atoms. The van der Waals surface area contributed by atoms with E-state index >= 15 is 0 Å². The summed E-state index contributed by atoms with van der Waals surface area (Å²) < 4.78 is 3.94. The zero-order chi connectivity index (χ0) is 8.97. The van der Waals surface area contributed by atoms with Crippen LogP contribution in [0.5, 0.6) is 0 Å². The Labute approximate surface area is 96.8 Å². The summed E-state index contributed by atoms with van der Waals surface area (Å²) in [5, 5.41) is 0.785. The van der Waals surface area contributed by atoms with Crippen LogP contribution in [0.25, 0.3) is 0 Å². The molecule has 0 atom stereocenters. The molecule has 0 aliphatic carbocycles. The zero-order valence-electron chi connectivity index (χ0n) is 6.15. The molecule has 0 radical (unpaired) electrons. The summed E-state index contributed by atoms with van der Waals surface area (Å²) in [6.07, 6.45) is 4.05. The van der Waals surface area contributed by atoms with E-state index in [2.05, 4.69) is 57.3 Å². The maximum atomic E-state index is 4.30. The van der Waals surface area contributed by atoms with Gasteiger partial charge in [-0.05, 0) is 12.2 Å². The van der Waals surface area contributed by atoms with E-state index in [1.165, 1.54) is 0 Å². The second-order valence-corrected chi connectivity index (χ2v) is 4.05. The minimum absolute atomic E-state index is 0.696. The lowest BCUT2D eigenvalue weighted by Crippen LogP contribution is -2.16. The predicted molar refractivity (Wildman–Crippen MR) is 63.3 cm³/mol. The molecule has 1 heterocycles. The summed E-state index contributed by atoms with van der Waals surface area (Å²) in [6.45, 7) is 0.696. The van der Waals surface area contributed by atoms with Crippen LogP contribution < -0.4 is 4.34 Å². The van der Waals surface area contributed by atoms with Crippen LogP contribution in [0.2, 0.25) is 0 Å². The van der Waals surface area contributed by atoms with E-state index in [-0.39, 0.29) is 0 Å². The molecular weight excluding hydrogens is 352 g/mol. The predicted octanol–water partition coefficient (Wildman–Crippen LogP) is 2.90. The minimum atomic E-state index is 0.696. The van der Waals surface area contributed by atoms with Crippen LogP contribution in [-0.2, 0) is 0 Å². The SMILES string of the molecule is BrCC1=CC(Br)=CCN=C1NBr. The number of nitrogens with zero attached hydrogens (tertiary/aromatic N) is 1. The molecule has 5 heteroatoms. The molecule has 0 unspecified atom stereocenters. The summed E-state index contributed by atoms with van der Waals surface area (Å²) in [7, 11) is 0. The first-order chi connectivity index (χ1) is 5.77. The number of halogens is 3. The van der Waals surface area contributed by atoms with Crippen molar-refractivity contribution in [2.75, 3.05) is 11.9 Å². The second-order valence-electron chi connectivity index (χ2n) is 2.18. The fourth-order valence-electron chi connectivity index (χ4n) is 0.812. The third-order valence-corrected chi connectivity index (χ3v) is 2.92. The Morgan fingerprint density at radius 1 is 1.58 bits per heavy atom. The van der Waals surface area contributed by atoms with Crippen molar-refractivity contribution < 1.29 is 0 Å². The molecule has 0 aromatic rings. The number of alkyl halides is 1. The Kier molecular flexibility index (Phi) is 4.53.